The quantitative estimate of drug-likeness (QED) is 0.637. The molecule has 0 bridgehead atoms. The van der Waals surface area contributed by atoms with Crippen LogP contribution in [0.15, 0.2) is 0 Å². The van der Waals surface area contributed by atoms with E-state index in [0.717, 1.165) is 19.3 Å². The maximum atomic E-state index is 11.1. The van der Waals surface area contributed by atoms with Crippen LogP contribution in [0.2, 0.25) is 0 Å². The lowest BCUT2D eigenvalue weighted by Gasteiger charge is -2.25. The van der Waals surface area contributed by atoms with Gasteiger partial charge in [0, 0.05) is 0 Å². The lowest BCUT2D eigenvalue weighted by Crippen LogP contribution is -2.21. The molecule has 0 fully saturated rings. The number of hydrogen-bond donors (Lipinski definition) is 1. The van der Waals surface area contributed by atoms with E-state index >= 15 is 0 Å². The number of aliphatic carboxylic acids is 1. The molecule has 0 aromatic heterocycles. The Bertz CT molecular complexity index is 189. The molecular weight excluding hydrogens is 200 g/mol. The van der Waals surface area contributed by atoms with E-state index in [4.69, 9.17) is 5.11 Å². The molecule has 0 saturated carbocycles. The standard InChI is InChI=1S/C14H28O2/c1-5-8-11(4)13(9-6-2)10-12(7-3)14(15)16/h11-13H,5-10H2,1-4H3,(H,15,16). The zero-order valence-corrected chi connectivity index (χ0v) is 11.3. The summed E-state index contributed by atoms with van der Waals surface area (Å²) in [6.07, 6.45) is 6.38. The summed E-state index contributed by atoms with van der Waals surface area (Å²) in [5.74, 6) is 0.493. The van der Waals surface area contributed by atoms with E-state index in [0.29, 0.717) is 11.8 Å². The largest absolute Gasteiger partial charge is 0.481 e. The fourth-order valence-electron chi connectivity index (χ4n) is 2.50. The number of carbonyl (C=O) groups is 1. The van der Waals surface area contributed by atoms with Gasteiger partial charge in [-0.25, -0.2) is 0 Å². The monoisotopic (exact) mass is 228 g/mol. The van der Waals surface area contributed by atoms with Crippen LogP contribution < -0.4 is 0 Å². The number of hydrogen-bond acceptors (Lipinski definition) is 1. The Morgan fingerprint density at radius 3 is 2.06 bits per heavy atom. The third-order valence-corrected chi connectivity index (χ3v) is 3.64. The summed E-state index contributed by atoms with van der Waals surface area (Å²) in [5.41, 5.74) is 0. The Morgan fingerprint density at radius 2 is 1.69 bits per heavy atom. The highest BCUT2D eigenvalue weighted by molar-refractivity contribution is 5.69. The van der Waals surface area contributed by atoms with Gasteiger partial charge < -0.3 is 5.11 Å². The third kappa shape index (κ3) is 5.53. The summed E-state index contributed by atoms with van der Waals surface area (Å²) in [6.45, 7) is 8.64. The predicted molar refractivity (Wildman–Crippen MR) is 68.5 cm³/mol. The van der Waals surface area contributed by atoms with Crippen LogP contribution in [-0.4, -0.2) is 11.1 Å². The molecule has 0 aliphatic heterocycles. The second-order valence-corrected chi connectivity index (χ2v) is 4.99. The van der Waals surface area contributed by atoms with Gasteiger partial charge in [-0.15, -0.1) is 0 Å². The summed E-state index contributed by atoms with van der Waals surface area (Å²) in [7, 11) is 0. The molecule has 0 radical (unpaired) electrons. The average Bonchev–Trinajstić information content (AvgIpc) is 2.23. The van der Waals surface area contributed by atoms with Crippen LogP contribution in [0.5, 0.6) is 0 Å². The lowest BCUT2D eigenvalue weighted by atomic mass is 9.80. The first-order valence-electron chi connectivity index (χ1n) is 6.79. The first kappa shape index (κ1) is 15.5. The zero-order chi connectivity index (χ0) is 12.6. The summed E-state index contributed by atoms with van der Waals surface area (Å²) >= 11 is 0. The van der Waals surface area contributed by atoms with Crippen molar-refractivity contribution in [3.63, 3.8) is 0 Å². The summed E-state index contributed by atoms with van der Waals surface area (Å²) < 4.78 is 0. The molecule has 0 heterocycles. The highest BCUT2D eigenvalue weighted by Crippen LogP contribution is 2.29. The first-order chi connectivity index (χ1) is 7.56. The molecule has 0 aromatic carbocycles. The fourth-order valence-corrected chi connectivity index (χ4v) is 2.50. The summed E-state index contributed by atoms with van der Waals surface area (Å²) in [6, 6.07) is 0. The van der Waals surface area contributed by atoms with E-state index in [9.17, 15) is 4.79 Å². The highest BCUT2D eigenvalue weighted by atomic mass is 16.4. The number of carboxylic acids is 1. The van der Waals surface area contributed by atoms with E-state index in [1.165, 1.54) is 19.3 Å². The van der Waals surface area contributed by atoms with Gasteiger partial charge in [0.2, 0.25) is 0 Å². The van der Waals surface area contributed by atoms with Crippen molar-refractivity contribution in [1.82, 2.24) is 0 Å². The van der Waals surface area contributed by atoms with Gasteiger partial charge in [0.05, 0.1) is 5.92 Å². The molecule has 0 saturated heterocycles. The number of carboxylic acid groups (broad SMARTS) is 1. The van der Waals surface area contributed by atoms with E-state index in [-0.39, 0.29) is 5.92 Å². The Labute approximate surface area is 100 Å². The van der Waals surface area contributed by atoms with Crippen LogP contribution in [0.4, 0.5) is 0 Å². The van der Waals surface area contributed by atoms with Crippen LogP contribution >= 0.6 is 0 Å². The second kappa shape index (κ2) is 8.60. The minimum absolute atomic E-state index is 0.143. The molecule has 16 heavy (non-hydrogen) atoms. The van der Waals surface area contributed by atoms with Crippen LogP contribution in [0.3, 0.4) is 0 Å². The van der Waals surface area contributed by atoms with Crippen molar-refractivity contribution >= 4 is 5.97 Å². The van der Waals surface area contributed by atoms with E-state index in [1.54, 1.807) is 0 Å². The van der Waals surface area contributed by atoms with Gasteiger partial charge in [-0.05, 0) is 24.7 Å². The molecule has 0 aromatic rings. The zero-order valence-electron chi connectivity index (χ0n) is 11.3. The SMILES string of the molecule is CCCC(C)C(CCC)CC(CC)C(=O)O. The van der Waals surface area contributed by atoms with E-state index in [1.807, 2.05) is 6.92 Å². The minimum atomic E-state index is -0.618. The molecule has 2 nitrogen and oxygen atoms in total. The Morgan fingerprint density at radius 1 is 1.12 bits per heavy atom. The Kier molecular flexibility index (Phi) is 8.32. The van der Waals surface area contributed by atoms with Crippen LogP contribution in [0, 0.1) is 17.8 Å². The molecule has 0 aliphatic rings. The maximum absolute atomic E-state index is 11.1. The number of rotatable bonds is 9. The Hall–Kier alpha value is -0.530. The van der Waals surface area contributed by atoms with Crippen LogP contribution in [0.25, 0.3) is 0 Å². The van der Waals surface area contributed by atoms with Gasteiger partial charge in [-0.1, -0.05) is 53.4 Å². The Balaban J connectivity index is 4.34. The van der Waals surface area contributed by atoms with Crippen molar-refractivity contribution in [2.75, 3.05) is 0 Å². The fraction of sp³-hybridized carbons (Fsp3) is 0.929. The van der Waals surface area contributed by atoms with Crippen molar-refractivity contribution in [2.45, 2.75) is 66.2 Å². The summed E-state index contributed by atoms with van der Waals surface area (Å²) in [5, 5.41) is 9.10. The predicted octanol–water partition coefficient (Wildman–Crippen LogP) is 4.34. The van der Waals surface area contributed by atoms with Gasteiger partial charge in [0.1, 0.15) is 0 Å². The maximum Gasteiger partial charge on any atom is 0.306 e. The van der Waals surface area contributed by atoms with Gasteiger partial charge in [0.25, 0.3) is 0 Å². The van der Waals surface area contributed by atoms with Crippen molar-refractivity contribution < 1.29 is 9.90 Å². The topological polar surface area (TPSA) is 37.3 Å². The molecule has 96 valence electrons. The van der Waals surface area contributed by atoms with Crippen molar-refractivity contribution in [1.29, 1.82) is 0 Å². The highest BCUT2D eigenvalue weighted by Gasteiger charge is 2.23. The van der Waals surface area contributed by atoms with Gasteiger partial charge in [0.15, 0.2) is 0 Å². The molecule has 0 rings (SSSR count). The third-order valence-electron chi connectivity index (χ3n) is 3.64. The van der Waals surface area contributed by atoms with Gasteiger partial charge >= 0.3 is 5.97 Å². The molecule has 0 aliphatic carbocycles. The molecule has 3 unspecified atom stereocenters. The van der Waals surface area contributed by atoms with Crippen molar-refractivity contribution in [2.24, 2.45) is 17.8 Å². The van der Waals surface area contributed by atoms with Crippen molar-refractivity contribution in [3.8, 4) is 0 Å². The van der Waals surface area contributed by atoms with Crippen molar-refractivity contribution in [3.05, 3.63) is 0 Å². The smallest absolute Gasteiger partial charge is 0.306 e. The van der Waals surface area contributed by atoms with Crippen LogP contribution in [0.1, 0.15) is 66.2 Å². The van der Waals surface area contributed by atoms with Crippen LogP contribution in [-0.2, 0) is 4.79 Å². The van der Waals surface area contributed by atoms with Gasteiger partial charge in [-0.3, -0.25) is 4.79 Å². The van der Waals surface area contributed by atoms with E-state index in [2.05, 4.69) is 20.8 Å². The van der Waals surface area contributed by atoms with E-state index < -0.39 is 5.97 Å². The average molecular weight is 228 g/mol. The molecular formula is C14H28O2. The molecule has 3 atom stereocenters. The first-order valence-corrected chi connectivity index (χ1v) is 6.79. The molecule has 2 heteroatoms. The normalized spacial score (nSPS) is 16.8. The minimum Gasteiger partial charge on any atom is -0.481 e. The molecule has 0 amide bonds. The molecule has 1 N–H and O–H groups in total. The summed E-state index contributed by atoms with van der Waals surface area (Å²) in [4.78, 5) is 11.1. The molecule has 0 spiro atoms. The lowest BCUT2D eigenvalue weighted by molar-refractivity contribution is -0.142. The van der Waals surface area contributed by atoms with Gasteiger partial charge in [-0.2, -0.15) is 0 Å². The second-order valence-electron chi connectivity index (χ2n) is 4.99.